The molecule has 0 spiro atoms. The van der Waals surface area contributed by atoms with Gasteiger partial charge in [0.05, 0.1) is 5.69 Å². The summed E-state index contributed by atoms with van der Waals surface area (Å²) < 4.78 is 13.3. The lowest BCUT2D eigenvalue weighted by Crippen LogP contribution is -2.32. The van der Waals surface area contributed by atoms with Gasteiger partial charge in [0, 0.05) is 30.7 Å². The minimum atomic E-state index is -0.478. The normalized spacial score (nSPS) is 20.5. The largest absolute Gasteiger partial charge is 0.372 e. The monoisotopic (exact) mass is 351 g/mol. The number of anilines is 2. The topological polar surface area (TPSA) is 44.7 Å². The molecule has 0 saturated carbocycles. The Morgan fingerprint density at radius 1 is 1.15 bits per heavy atom. The van der Waals surface area contributed by atoms with Crippen LogP contribution in [0.1, 0.15) is 31.2 Å². The maximum atomic E-state index is 13.3. The molecule has 0 radical (unpaired) electrons. The molecule has 1 unspecified atom stereocenters. The van der Waals surface area contributed by atoms with Gasteiger partial charge in [-0.05, 0) is 60.7 Å². The summed E-state index contributed by atoms with van der Waals surface area (Å²) in [6.45, 7) is 4.50. The minimum Gasteiger partial charge on any atom is -0.372 e. The highest BCUT2D eigenvalue weighted by Crippen LogP contribution is 2.32. The predicted molar refractivity (Wildman–Crippen MR) is 103 cm³/mol. The minimum absolute atomic E-state index is 0.173. The summed E-state index contributed by atoms with van der Waals surface area (Å²) >= 11 is 0. The van der Waals surface area contributed by atoms with Gasteiger partial charge in [0.15, 0.2) is 0 Å². The molecule has 0 bridgehead atoms. The van der Waals surface area contributed by atoms with Crippen LogP contribution in [0, 0.1) is 11.7 Å². The number of nitrogens with one attached hydrogen (secondary N) is 1. The highest BCUT2D eigenvalue weighted by molar-refractivity contribution is 6.12. The van der Waals surface area contributed by atoms with Crippen molar-refractivity contribution in [3.05, 3.63) is 53.8 Å². The average molecular weight is 351 g/mol. The second-order valence-corrected chi connectivity index (χ2v) is 7.16. The number of nitrogens with zero attached hydrogens (tertiary/aromatic N) is 2. The third-order valence-electron chi connectivity index (χ3n) is 5.26. The molecule has 4 rings (SSSR count). The first kappa shape index (κ1) is 16.8. The summed E-state index contributed by atoms with van der Waals surface area (Å²) in [6, 6.07) is 12.5. The van der Waals surface area contributed by atoms with E-state index in [1.807, 2.05) is 12.1 Å². The molecule has 2 aliphatic heterocycles. The molecule has 5 heteroatoms. The van der Waals surface area contributed by atoms with Gasteiger partial charge in [0.2, 0.25) is 5.91 Å². The standard InChI is InChI=1S/C21H22FN3O/c1-14-8-10-25(11-9-14)17-5-3-16(4-6-17)23-13-19-18-7-2-15(22)12-20(18)24-21(19)26/h2-7,12-14,19H,8-11H2,1H3,(H,24,26). The molecule has 1 saturated heterocycles. The zero-order valence-electron chi connectivity index (χ0n) is 14.8. The van der Waals surface area contributed by atoms with Crippen LogP contribution < -0.4 is 10.2 Å². The number of halogens is 1. The zero-order chi connectivity index (χ0) is 18.1. The lowest BCUT2D eigenvalue weighted by Gasteiger charge is -2.32. The highest BCUT2D eigenvalue weighted by Gasteiger charge is 2.29. The Bertz CT molecular complexity index is 839. The number of piperidine rings is 1. The molecule has 1 atom stereocenters. The molecule has 2 aromatic carbocycles. The predicted octanol–water partition coefficient (Wildman–Crippen LogP) is 4.50. The third kappa shape index (κ3) is 3.34. The second-order valence-electron chi connectivity index (χ2n) is 7.16. The summed E-state index contributed by atoms with van der Waals surface area (Å²) in [5.74, 6) is -0.198. The van der Waals surface area contributed by atoms with E-state index in [0.29, 0.717) is 5.69 Å². The average Bonchev–Trinajstić information content (AvgIpc) is 2.95. The van der Waals surface area contributed by atoms with Gasteiger partial charge in [-0.15, -0.1) is 0 Å². The van der Waals surface area contributed by atoms with E-state index < -0.39 is 5.92 Å². The van der Waals surface area contributed by atoms with Gasteiger partial charge in [-0.3, -0.25) is 9.79 Å². The Morgan fingerprint density at radius 2 is 1.88 bits per heavy atom. The van der Waals surface area contributed by atoms with Crippen LogP contribution in [0.4, 0.5) is 21.5 Å². The van der Waals surface area contributed by atoms with E-state index in [0.717, 1.165) is 30.3 Å². The van der Waals surface area contributed by atoms with Crippen LogP contribution in [-0.2, 0) is 4.79 Å². The van der Waals surface area contributed by atoms with Gasteiger partial charge in [-0.1, -0.05) is 13.0 Å². The van der Waals surface area contributed by atoms with Crippen molar-refractivity contribution in [1.29, 1.82) is 0 Å². The Hall–Kier alpha value is -2.69. The Kier molecular flexibility index (Phi) is 4.45. The number of benzene rings is 2. The molecule has 2 aromatic rings. The molecule has 1 fully saturated rings. The van der Waals surface area contributed by atoms with Crippen molar-refractivity contribution in [3.63, 3.8) is 0 Å². The van der Waals surface area contributed by atoms with E-state index in [2.05, 4.69) is 34.3 Å². The van der Waals surface area contributed by atoms with Gasteiger partial charge < -0.3 is 10.2 Å². The molecule has 1 amide bonds. The molecule has 134 valence electrons. The number of hydrogen-bond donors (Lipinski definition) is 1. The van der Waals surface area contributed by atoms with E-state index >= 15 is 0 Å². The zero-order valence-corrected chi connectivity index (χ0v) is 14.8. The number of carbonyl (C=O) groups excluding carboxylic acids is 1. The maximum absolute atomic E-state index is 13.3. The number of rotatable bonds is 3. The van der Waals surface area contributed by atoms with Crippen molar-refractivity contribution < 1.29 is 9.18 Å². The van der Waals surface area contributed by atoms with E-state index in [4.69, 9.17) is 0 Å². The quantitative estimate of drug-likeness (QED) is 0.828. The molecule has 2 heterocycles. The first-order valence-corrected chi connectivity index (χ1v) is 9.09. The summed E-state index contributed by atoms with van der Waals surface area (Å²) in [4.78, 5) is 19.0. The fraction of sp³-hybridized carbons (Fsp3) is 0.333. The van der Waals surface area contributed by atoms with Gasteiger partial charge in [0.1, 0.15) is 11.7 Å². The van der Waals surface area contributed by atoms with Crippen LogP contribution in [-0.4, -0.2) is 25.2 Å². The Morgan fingerprint density at radius 3 is 2.62 bits per heavy atom. The van der Waals surface area contributed by atoms with Gasteiger partial charge >= 0.3 is 0 Å². The van der Waals surface area contributed by atoms with Gasteiger partial charge in [0.25, 0.3) is 0 Å². The smallest absolute Gasteiger partial charge is 0.237 e. The molecular formula is C21H22FN3O. The molecule has 26 heavy (non-hydrogen) atoms. The van der Waals surface area contributed by atoms with Crippen LogP contribution in [0.3, 0.4) is 0 Å². The highest BCUT2D eigenvalue weighted by atomic mass is 19.1. The molecule has 2 aliphatic rings. The van der Waals surface area contributed by atoms with Crippen LogP contribution in [0.15, 0.2) is 47.5 Å². The number of aliphatic imine (C=N–C) groups is 1. The summed E-state index contributed by atoms with van der Waals surface area (Å²) in [5.41, 5.74) is 3.32. The second kappa shape index (κ2) is 6.90. The molecular weight excluding hydrogens is 329 g/mol. The fourth-order valence-corrected chi connectivity index (χ4v) is 3.58. The maximum Gasteiger partial charge on any atom is 0.237 e. The molecule has 0 aromatic heterocycles. The summed E-state index contributed by atoms with van der Waals surface area (Å²) in [7, 11) is 0. The van der Waals surface area contributed by atoms with E-state index in [9.17, 15) is 9.18 Å². The lowest BCUT2D eigenvalue weighted by atomic mass is 9.99. The summed E-state index contributed by atoms with van der Waals surface area (Å²) in [5, 5.41) is 2.70. The lowest BCUT2D eigenvalue weighted by molar-refractivity contribution is -0.115. The van der Waals surface area contributed by atoms with Crippen molar-refractivity contribution in [2.45, 2.75) is 25.7 Å². The third-order valence-corrected chi connectivity index (χ3v) is 5.26. The van der Waals surface area contributed by atoms with Crippen molar-refractivity contribution >= 4 is 29.2 Å². The first-order valence-electron chi connectivity index (χ1n) is 9.09. The Balaban J connectivity index is 1.47. The van der Waals surface area contributed by atoms with E-state index in [1.165, 1.54) is 30.7 Å². The van der Waals surface area contributed by atoms with Gasteiger partial charge in [-0.2, -0.15) is 0 Å². The van der Waals surface area contributed by atoms with Crippen molar-refractivity contribution in [1.82, 2.24) is 0 Å². The molecule has 0 aliphatic carbocycles. The van der Waals surface area contributed by atoms with Crippen LogP contribution in [0.5, 0.6) is 0 Å². The molecule has 1 N–H and O–H groups in total. The fourth-order valence-electron chi connectivity index (χ4n) is 3.58. The molecule has 4 nitrogen and oxygen atoms in total. The van der Waals surface area contributed by atoms with Crippen LogP contribution >= 0.6 is 0 Å². The van der Waals surface area contributed by atoms with E-state index in [-0.39, 0.29) is 11.7 Å². The Labute approximate surface area is 152 Å². The van der Waals surface area contributed by atoms with Crippen molar-refractivity contribution in [2.24, 2.45) is 10.9 Å². The van der Waals surface area contributed by atoms with Crippen molar-refractivity contribution in [3.8, 4) is 0 Å². The SMILES string of the molecule is CC1CCN(c2ccc(N=CC3C(=O)Nc4cc(F)ccc43)cc2)CC1. The number of carbonyl (C=O) groups is 1. The number of amides is 1. The van der Waals surface area contributed by atoms with E-state index in [1.54, 1.807) is 12.3 Å². The summed E-state index contributed by atoms with van der Waals surface area (Å²) in [6.07, 6.45) is 4.10. The first-order chi connectivity index (χ1) is 12.6. The van der Waals surface area contributed by atoms with Gasteiger partial charge in [-0.25, -0.2) is 4.39 Å². The number of hydrogen-bond acceptors (Lipinski definition) is 3. The van der Waals surface area contributed by atoms with Crippen molar-refractivity contribution in [2.75, 3.05) is 23.3 Å². The number of fused-ring (bicyclic) bond motifs is 1. The van der Waals surface area contributed by atoms with Crippen LogP contribution in [0.2, 0.25) is 0 Å². The van der Waals surface area contributed by atoms with Crippen LogP contribution in [0.25, 0.3) is 0 Å².